The van der Waals surface area contributed by atoms with Crippen LogP contribution < -0.4 is 0 Å². The van der Waals surface area contributed by atoms with Crippen LogP contribution in [0, 0.1) is 0 Å². The third-order valence-electron chi connectivity index (χ3n) is 5.85. The van der Waals surface area contributed by atoms with Crippen LogP contribution in [-0.2, 0) is 10.3 Å². The van der Waals surface area contributed by atoms with E-state index in [1.807, 2.05) is 18.2 Å². The maximum absolute atomic E-state index is 11.9. The van der Waals surface area contributed by atoms with Crippen LogP contribution in [0.25, 0.3) is 11.1 Å². The molecular weight excluding hydrogens is 322 g/mol. The Kier molecular flexibility index (Phi) is 3.28. The molecule has 0 spiro atoms. The molecule has 3 heteroatoms. The summed E-state index contributed by atoms with van der Waals surface area (Å²) in [6, 6.07) is 26.7. The number of fused-ring (bicyclic) bond motifs is 3. The molecular formula is C23H19NO2. The molecule has 128 valence electrons. The van der Waals surface area contributed by atoms with Gasteiger partial charge in [-0.05, 0) is 34.2 Å². The fraction of sp³-hybridized carbons (Fsp3) is 0.174. The Morgan fingerprint density at radius 2 is 1.38 bits per heavy atom. The standard InChI is InChI=1S/C23H19NO2/c25-22(26)21-14-15-24(21)23(16-8-2-1-3-9-16)19-12-6-4-10-17(19)18-11-5-7-13-20(18)23/h1-13,21H,14-15H2,(H,25,26)/t21-/m0/s1. The van der Waals surface area contributed by atoms with E-state index in [2.05, 4.69) is 65.6 Å². The second kappa shape index (κ2) is 5.55. The van der Waals surface area contributed by atoms with Gasteiger partial charge in [0.15, 0.2) is 0 Å². The molecule has 1 saturated heterocycles. The van der Waals surface area contributed by atoms with Crippen molar-refractivity contribution >= 4 is 5.97 Å². The molecule has 5 rings (SSSR count). The molecule has 3 aromatic rings. The Morgan fingerprint density at radius 3 is 1.88 bits per heavy atom. The van der Waals surface area contributed by atoms with Crippen LogP contribution in [0.3, 0.4) is 0 Å². The van der Waals surface area contributed by atoms with Crippen molar-refractivity contribution in [2.75, 3.05) is 6.54 Å². The fourth-order valence-corrected chi connectivity index (χ4v) is 4.72. The van der Waals surface area contributed by atoms with Gasteiger partial charge in [0.05, 0.1) is 5.54 Å². The van der Waals surface area contributed by atoms with E-state index in [4.69, 9.17) is 0 Å². The van der Waals surface area contributed by atoms with Gasteiger partial charge in [-0.2, -0.15) is 0 Å². The van der Waals surface area contributed by atoms with Gasteiger partial charge in [0, 0.05) is 6.54 Å². The highest BCUT2D eigenvalue weighted by Crippen LogP contribution is 2.56. The number of hydrogen-bond acceptors (Lipinski definition) is 2. The highest BCUT2D eigenvalue weighted by Gasteiger charge is 2.55. The monoisotopic (exact) mass is 341 g/mol. The lowest BCUT2D eigenvalue weighted by Crippen LogP contribution is -2.62. The van der Waals surface area contributed by atoms with E-state index in [9.17, 15) is 9.90 Å². The van der Waals surface area contributed by atoms with Crippen LogP contribution in [0.1, 0.15) is 23.1 Å². The molecule has 0 saturated carbocycles. The normalized spacial score (nSPS) is 20.1. The predicted molar refractivity (Wildman–Crippen MR) is 101 cm³/mol. The van der Waals surface area contributed by atoms with Crippen LogP contribution in [0.4, 0.5) is 0 Å². The highest BCUT2D eigenvalue weighted by atomic mass is 16.4. The Morgan fingerprint density at radius 1 is 0.846 bits per heavy atom. The van der Waals surface area contributed by atoms with Gasteiger partial charge in [-0.1, -0.05) is 78.9 Å². The van der Waals surface area contributed by atoms with Crippen molar-refractivity contribution in [1.29, 1.82) is 0 Å². The topological polar surface area (TPSA) is 40.5 Å². The van der Waals surface area contributed by atoms with E-state index in [0.29, 0.717) is 6.42 Å². The Hall–Kier alpha value is -2.91. The van der Waals surface area contributed by atoms with Crippen LogP contribution >= 0.6 is 0 Å². The first kappa shape index (κ1) is 15.4. The van der Waals surface area contributed by atoms with Crippen LogP contribution in [-0.4, -0.2) is 28.6 Å². The Bertz CT molecular complexity index is 950. The minimum atomic E-state index is -0.742. The molecule has 0 aromatic heterocycles. The SMILES string of the molecule is O=C(O)[C@@H]1CCN1C1(c2ccccc2)c2ccccc2-c2ccccc21. The number of carboxylic acids is 1. The smallest absolute Gasteiger partial charge is 0.321 e. The molecule has 1 aliphatic carbocycles. The van der Waals surface area contributed by atoms with E-state index in [1.165, 1.54) is 22.3 Å². The molecule has 1 N–H and O–H groups in total. The molecule has 1 heterocycles. The van der Waals surface area contributed by atoms with Crippen molar-refractivity contribution in [2.24, 2.45) is 0 Å². The quantitative estimate of drug-likeness (QED) is 0.779. The minimum Gasteiger partial charge on any atom is -0.480 e. The highest BCUT2D eigenvalue weighted by molar-refractivity contribution is 5.84. The van der Waals surface area contributed by atoms with E-state index in [1.54, 1.807) is 0 Å². The molecule has 0 amide bonds. The number of carboxylic acid groups (broad SMARTS) is 1. The molecule has 26 heavy (non-hydrogen) atoms. The molecule has 1 atom stereocenters. The first-order chi connectivity index (χ1) is 12.7. The minimum absolute atomic E-state index is 0.464. The number of benzene rings is 3. The Balaban J connectivity index is 1.87. The molecule has 2 aliphatic rings. The van der Waals surface area contributed by atoms with Gasteiger partial charge >= 0.3 is 5.97 Å². The van der Waals surface area contributed by atoms with E-state index in [0.717, 1.165) is 12.1 Å². The average Bonchev–Trinajstić information content (AvgIpc) is 2.93. The summed E-state index contributed by atoms with van der Waals surface area (Å²) in [4.78, 5) is 14.1. The number of likely N-dealkylation sites (tertiary alicyclic amines) is 1. The van der Waals surface area contributed by atoms with Crippen LogP contribution in [0.15, 0.2) is 78.9 Å². The van der Waals surface area contributed by atoms with Crippen molar-refractivity contribution in [1.82, 2.24) is 4.90 Å². The third kappa shape index (κ3) is 1.84. The second-order valence-corrected chi connectivity index (χ2v) is 7.00. The van der Waals surface area contributed by atoms with Crippen LogP contribution in [0.5, 0.6) is 0 Å². The lowest BCUT2D eigenvalue weighted by molar-refractivity contribution is -0.151. The fourth-order valence-electron chi connectivity index (χ4n) is 4.72. The van der Waals surface area contributed by atoms with Crippen molar-refractivity contribution in [3.05, 3.63) is 95.6 Å². The summed E-state index contributed by atoms with van der Waals surface area (Å²) in [5.74, 6) is -0.742. The van der Waals surface area contributed by atoms with Gasteiger partial charge in [0.25, 0.3) is 0 Å². The molecule has 3 nitrogen and oxygen atoms in total. The van der Waals surface area contributed by atoms with Crippen molar-refractivity contribution < 1.29 is 9.90 Å². The van der Waals surface area contributed by atoms with Gasteiger partial charge in [0.2, 0.25) is 0 Å². The number of rotatable bonds is 3. The third-order valence-corrected chi connectivity index (χ3v) is 5.85. The summed E-state index contributed by atoms with van der Waals surface area (Å²) in [6.45, 7) is 0.772. The predicted octanol–water partition coefficient (Wildman–Crippen LogP) is 4.12. The number of carbonyl (C=O) groups is 1. The molecule has 0 radical (unpaired) electrons. The summed E-state index contributed by atoms with van der Waals surface area (Å²) in [7, 11) is 0. The first-order valence-corrected chi connectivity index (χ1v) is 8.99. The van der Waals surface area contributed by atoms with Crippen molar-refractivity contribution in [2.45, 2.75) is 18.0 Å². The summed E-state index contributed by atoms with van der Waals surface area (Å²) in [5.41, 5.74) is 5.33. The van der Waals surface area contributed by atoms with Gasteiger partial charge in [0.1, 0.15) is 6.04 Å². The molecule has 0 bridgehead atoms. The molecule has 1 aliphatic heterocycles. The van der Waals surface area contributed by atoms with E-state index in [-0.39, 0.29) is 0 Å². The number of nitrogens with zero attached hydrogens (tertiary/aromatic N) is 1. The van der Waals surface area contributed by atoms with Gasteiger partial charge in [-0.15, -0.1) is 0 Å². The zero-order valence-electron chi connectivity index (χ0n) is 14.3. The molecule has 0 unspecified atom stereocenters. The number of aliphatic carboxylic acids is 1. The lowest BCUT2D eigenvalue weighted by atomic mass is 9.75. The zero-order valence-corrected chi connectivity index (χ0v) is 14.3. The van der Waals surface area contributed by atoms with E-state index < -0.39 is 17.6 Å². The maximum Gasteiger partial charge on any atom is 0.321 e. The molecule has 3 aromatic carbocycles. The van der Waals surface area contributed by atoms with E-state index >= 15 is 0 Å². The largest absolute Gasteiger partial charge is 0.480 e. The van der Waals surface area contributed by atoms with Gasteiger partial charge in [-0.3, -0.25) is 9.69 Å². The average molecular weight is 341 g/mol. The van der Waals surface area contributed by atoms with Crippen LogP contribution in [0.2, 0.25) is 0 Å². The summed E-state index contributed by atoms with van der Waals surface area (Å²) in [5, 5.41) is 9.78. The van der Waals surface area contributed by atoms with Gasteiger partial charge < -0.3 is 5.11 Å². The Labute approximate surface area is 152 Å². The zero-order chi connectivity index (χ0) is 17.7. The number of hydrogen-bond donors (Lipinski definition) is 1. The lowest BCUT2D eigenvalue weighted by Gasteiger charge is -2.52. The molecule has 1 fully saturated rings. The summed E-state index contributed by atoms with van der Waals surface area (Å²) in [6.07, 6.45) is 0.689. The van der Waals surface area contributed by atoms with Crippen molar-refractivity contribution in [3.8, 4) is 11.1 Å². The first-order valence-electron chi connectivity index (χ1n) is 8.99. The maximum atomic E-state index is 11.9. The van der Waals surface area contributed by atoms with Crippen molar-refractivity contribution in [3.63, 3.8) is 0 Å². The summed E-state index contributed by atoms with van der Waals surface area (Å²) >= 11 is 0. The second-order valence-electron chi connectivity index (χ2n) is 7.00. The van der Waals surface area contributed by atoms with Gasteiger partial charge in [-0.25, -0.2) is 0 Å². The summed E-state index contributed by atoms with van der Waals surface area (Å²) < 4.78 is 0.